The van der Waals surface area contributed by atoms with E-state index >= 15 is 0 Å². The number of nitrogens with two attached hydrogens (primary N) is 1. The highest BCUT2D eigenvalue weighted by Crippen LogP contribution is 2.09. The summed E-state index contributed by atoms with van der Waals surface area (Å²) in [5, 5.41) is 8.84. The molecule has 0 aliphatic carbocycles. The van der Waals surface area contributed by atoms with Crippen molar-refractivity contribution < 1.29 is 19.5 Å². The molecule has 0 atom stereocenters. The maximum absolute atomic E-state index is 11.5. The molecule has 6 heteroatoms. The predicted octanol–water partition coefficient (Wildman–Crippen LogP) is 0.00490. The summed E-state index contributed by atoms with van der Waals surface area (Å²) in [6.45, 7) is 0.620. The first-order valence-corrected chi connectivity index (χ1v) is 4.63. The lowest BCUT2D eigenvalue weighted by Gasteiger charge is -2.06. The van der Waals surface area contributed by atoms with Gasteiger partial charge in [0.25, 0.3) is 0 Å². The second kappa shape index (κ2) is 5.84. The van der Waals surface area contributed by atoms with E-state index in [1.54, 1.807) is 6.07 Å². The van der Waals surface area contributed by atoms with Crippen molar-refractivity contribution >= 4 is 11.9 Å². The van der Waals surface area contributed by atoms with Crippen molar-refractivity contribution in [3.63, 3.8) is 0 Å². The summed E-state index contributed by atoms with van der Waals surface area (Å²) in [5.41, 5.74) is 7.42. The van der Waals surface area contributed by atoms with Gasteiger partial charge < -0.3 is 15.7 Å². The number of aromatic carboxylic acids is 1. The van der Waals surface area contributed by atoms with Crippen LogP contribution in [0.5, 0.6) is 0 Å². The molecule has 0 radical (unpaired) electrons. The van der Waals surface area contributed by atoms with Crippen LogP contribution >= 0.6 is 0 Å². The van der Waals surface area contributed by atoms with Crippen LogP contribution in [-0.2, 0) is 4.84 Å². The number of benzene rings is 1. The lowest BCUT2D eigenvalue weighted by Crippen LogP contribution is -2.26. The van der Waals surface area contributed by atoms with Crippen LogP contribution in [-0.4, -0.2) is 30.1 Å². The lowest BCUT2D eigenvalue weighted by atomic mass is 10.1. The summed E-state index contributed by atoms with van der Waals surface area (Å²) < 4.78 is 0. The van der Waals surface area contributed by atoms with Gasteiger partial charge in [0.1, 0.15) is 0 Å². The highest BCUT2D eigenvalue weighted by molar-refractivity contribution is 6.02. The highest BCUT2D eigenvalue weighted by Gasteiger charge is 2.16. The van der Waals surface area contributed by atoms with Crippen LogP contribution in [0, 0.1) is 0 Å². The van der Waals surface area contributed by atoms with Crippen LogP contribution in [0.1, 0.15) is 20.7 Å². The van der Waals surface area contributed by atoms with Crippen molar-refractivity contribution in [2.45, 2.75) is 0 Å². The molecule has 0 aromatic heterocycles. The molecule has 0 aliphatic rings. The third-order valence-corrected chi connectivity index (χ3v) is 1.79. The van der Waals surface area contributed by atoms with Gasteiger partial charge in [0.2, 0.25) is 0 Å². The van der Waals surface area contributed by atoms with Crippen LogP contribution in [0.2, 0.25) is 0 Å². The maximum Gasteiger partial charge on any atom is 0.357 e. The minimum Gasteiger partial charge on any atom is -0.478 e. The number of rotatable bonds is 5. The molecule has 16 heavy (non-hydrogen) atoms. The van der Waals surface area contributed by atoms with Crippen LogP contribution < -0.4 is 11.2 Å². The van der Waals surface area contributed by atoms with Gasteiger partial charge in [0, 0.05) is 13.1 Å². The predicted molar refractivity (Wildman–Crippen MR) is 55.9 cm³/mol. The zero-order chi connectivity index (χ0) is 12.0. The molecule has 0 amide bonds. The maximum atomic E-state index is 11.5. The number of carboxylic acids is 1. The third-order valence-electron chi connectivity index (χ3n) is 1.79. The van der Waals surface area contributed by atoms with Gasteiger partial charge in [0.15, 0.2) is 0 Å². The van der Waals surface area contributed by atoms with Gasteiger partial charge >= 0.3 is 11.9 Å². The first kappa shape index (κ1) is 12.2. The number of carbonyl (C=O) groups excluding carboxylic acids is 1. The molecule has 1 aromatic rings. The van der Waals surface area contributed by atoms with Crippen molar-refractivity contribution in [1.29, 1.82) is 0 Å². The Morgan fingerprint density at radius 2 is 1.94 bits per heavy atom. The number of hydrogen-bond donors (Lipinski definition) is 3. The van der Waals surface area contributed by atoms with Crippen LogP contribution in [0.4, 0.5) is 0 Å². The Morgan fingerprint density at radius 1 is 1.31 bits per heavy atom. The first-order chi connectivity index (χ1) is 7.66. The Balaban J connectivity index is 2.78. The van der Waals surface area contributed by atoms with Gasteiger partial charge in [-0.1, -0.05) is 12.1 Å². The van der Waals surface area contributed by atoms with Gasteiger partial charge in [-0.3, -0.25) is 0 Å². The molecule has 0 unspecified atom stereocenters. The minimum absolute atomic E-state index is 0.000443. The summed E-state index contributed by atoms with van der Waals surface area (Å²) in [7, 11) is 0. The molecule has 0 bridgehead atoms. The van der Waals surface area contributed by atoms with Crippen LogP contribution in [0.3, 0.4) is 0 Å². The molecule has 1 aromatic carbocycles. The molecule has 86 valence electrons. The van der Waals surface area contributed by atoms with Gasteiger partial charge in [0.05, 0.1) is 11.1 Å². The Morgan fingerprint density at radius 3 is 2.50 bits per heavy atom. The van der Waals surface area contributed by atoms with E-state index in [2.05, 4.69) is 10.3 Å². The summed E-state index contributed by atoms with van der Waals surface area (Å²) in [6, 6.07) is 5.82. The Hall–Kier alpha value is -1.92. The molecule has 6 nitrogen and oxygen atoms in total. The fourth-order valence-corrected chi connectivity index (χ4v) is 1.08. The van der Waals surface area contributed by atoms with Crippen molar-refractivity contribution in [2.75, 3.05) is 13.1 Å². The zero-order valence-electron chi connectivity index (χ0n) is 8.47. The molecule has 0 spiro atoms. The normalized spacial score (nSPS) is 9.81. The topological polar surface area (TPSA) is 102 Å². The lowest BCUT2D eigenvalue weighted by molar-refractivity contribution is 0.0256. The summed E-state index contributed by atoms with van der Waals surface area (Å²) >= 11 is 0. The van der Waals surface area contributed by atoms with Gasteiger partial charge in [-0.05, 0) is 12.1 Å². The Kier molecular flexibility index (Phi) is 4.43. The quantitative estimate of drug-likeness (QED) is 0.481. The minimum atomic E-state index is -1.17. The Bertz CT molecular complexity index is 392. The van der Waals surface area contributed by atoms with Crippen molar-refractivity contribution in [1.82, 2.24) is 5.48 Å². The zero-order valence-corrected chi connectivity index (χ0v) is 8.47. The van der Waals surface area contributed by atoms with E-state index in [-0.39, 0.29) is 11.1 Å². The van der Waals surface area contributed by atoms with Crippen LogP contribution in [0.15, 0.2) is 24.3 Å². The first-order valence-electron chi connectivity index (χ1n) is 4.63. The van der Waals surface area contributed by atoms with E-state index in [0.29, 0.717) is 13.1 Å². The number of carbonyl (C=O) groups is 2. The van der Waals surface area contributed by atoms with Gasteiger partial charge in [-0.15, -0.1) is 0 Å². The van der Waals surface area contributed by atoms with Crippen molar-refractivity contribution in [3.8, 4) is 0 Å². The molecule has 0 saturated carbocycles. The highest BCUT2D eigenvalue weighted by atomic mass is 16.7. The second-order valence-electron chi connectivity index (χ2n) is 2.92. The molecule has 0 fully saturated rings. The number of hydrogen-bond acceptors (Lipinski definition) is 5. The Labute approximate surface area is 92.0 Å². The van der Waals surface area contributed by atoms with Gasteiger partial charge in [-0.25, -0.2) is 9.59 Å². The molecular formula is C10H12N2O4. The number of nitrogens with one attached hydrogen (secondary N) is 1. The molecule has 1 rings (SSSR count). The van der Waals surface area contributed by atoms with Crippen LogP contribution in [0.25, 0.3) is 0 Å². The van der Waals surface area contributed by atoms with Gasteiger partial charge in [-0.2, -0.15) is 5.48 Å². The largest absolute Gasteiger partial charge is 0.478 e. The molecule has 0 saturated heterocycles. The molecule has 0 heterocycles. The van der Waals surface area contributed by atoms with Crippen molar-refractivity contribution in [2.24, 2.45) is 5.73 Å². The van der Waals surface area contributed by atoms with E-state index in [1.165, 1.54) is 18.2 Å². The average molecular weight is 224 g/mol. The number of hydroxylamine groups is 1. The standard InChI is InChI=1S/C10H12N2O4/c11-5-6-12-16-10(15)8-4-2-1-3-7(8)9(13)14/h1-4,12H,5-6,11H2,(H,13,14). The second-order valence-corrected chi connectivity index (χ2v) is 2.92. The molecule has 4 N–H and O–H groups in total. The molecule has 0 aliphatic heterocycles. The van der Waals surface area contributed by atoms with E-state index in [9.17, 15) is 9.59 Å². The molecular weight excluding hydrogens is 212 g/mol. The third kappa shape index (κ3) is 3.04. The van der Waals surface area contributed by atoms with E-state index in [0.717, 1.165) is 0 Å². The van der Waals surface area contributed by atoms with E-state index < -0.39 is 11.9 Å². The smallest absolute Gasteiger partial charge is 0.357 e. The number of carboxylic acid groups (broad SMARTS) is 1. The van der Waals surface area contributed by atoms with E-state index in [4.69, 9.17) is 10.8 Å². The summed E-state index contributed by atoms with van der Waals surface area (Å²) in [5.74, 6) is -1.92. The SMILES string of the molecule is NCCNOC(=O)c1ccccc1C(=O)O. The van der Waals surface area contributed by atoms with E-state index in [1.807, 2.05) is 0 Å². The average Bonchev–Trinajstić information content (AvgIpc) is 2.29. The van der Waals surface area contributed by atoms with Crippen molar-refractivity contribution in [3.05, 3.63) is 35.4 Å². The fraction of sp³-hybridized carbons (Fsp3) is 0.200. The fourth-order valence-electron chi connectivity index (χ4n) is 1.08. The summed E-state index contributed by atoms with van der Waals surface area (Å²) in [4.78, 5) is 26.9. The monoisotopic (exact) mass is 224 g/mol. The summed E-state index contributed by atoms with van der Waals surface area (Å²) in [6.07, 6.45) is 0.